The Labute approximate surface area is 181 Å². The van der Waals surface area contributed by atoms with Gasteiger partial charge >= 0.3 is 6.18 Å². The van der Waals surface area contributed by atoms with Crippen LogP contribution in [0.2, 0.25) is 0 Å². The van der Waals surface area contributed by atoms with Gasteiger partial charge in [-0.05, 0) is 32.0 Å². The number of likely N-dealkylation sites (N-methyl/N-ethyl adjacent to an activating group) is 1. The number of halogens is 4. The molecule has 1 aromatic carbocycles. The second-order valence-corrected chi connectivity index (χ2v) is 6.85. The fraction of sp³-hybridized carbons (Fsp3) is 0.286. The van der Waals surface area contributed by atoms with Gasteiger partial charge in [0.25, 0.3) is 5.91 Å². The molecular formula is C21H20F4N6O. The number of rotatable bonds is 7. The number of hydrogen-bond acceptors (Lipinski definition) is 6. The van der Waals surface area contributed by atoms with Crippen LogP contribution in [0.5, 0.6) is 0 Å². The van der Waals surface area contributed by atoms with Crippen LogP contribution in [0.15, 0.2) is 49.1 Å². The number of carbonyl (C=O) groups excluding carboxylic acids is 1. The summed E-state index contributed by atoms with van der Waals surface area (Å²) in [7, 11) is 0. The number of carbonyl (C=O) groups is 1. The van der Waals surface area contributed by atoms with Crippen molar-refractivity contribution in [3.05, 3.63) is 66.0 Å². The maximum atomic E-state index is 14.6. The van der Waals surface area contributed by atoms with Crippen molar-refractivity contribution in [1.82, 2.24) is 24.8 Å². The van der Waals surface area contributed by atoms with Crippen molar-refractivity contribution < 1.29 is 22.4 Å². The molecule has 0 spiro atoms. The first-order valence-electron chi connectivity index (χ1n) is 9.72. The van der Waals surface area contributed by atoms with Gasteiger partial charge in [0.15, 0.2) is 5.82 Å². The smallest absolute Gasteiger partial charge is 0.352 e. The third-order valence-corrected chi connectivity index (χ3v) is 4.70. The normalized spacial score (nSPS) is 12.3. The SMILES string of the molecule is CCN(C(=O)c1cccc(F)c1-c1ncccn1)[C@@H](C)CNc1ncc(C(F)(F)F)cn1. The number of nitrogens with zero attached hydrogens (tertiary/aromatic N) is 5. The molecule has 0 aliphatic rings. The van der Waals surface area contributed by atoms with Crippen molar-refractivity contribution >= 4 is 11.9 Å². The summed E-state index contributed by atoms with van der Waals surface area (Å²) in [5.74, 6) is -0.967. The van der Waals surface area contributed by atoms with Gasteiger partial charge in [-0.1, -0.05) is 6.07 Å². The molecule has 1 N–H and O–H groups in total. The summed E-state index contributed by atoms with van der Waals surface area (Å²) in [5.41, 5.74) is -0.846. The molecule has 0 aliphatic carbocycles. The van der Waals surface area contributed by atoms with E-state index in [0.717, 1.165) is 0 Å². The van der Waals surface area contributed by atoms with Crippen molar-refractivity contribution in [2.45, 2.75) is 26.1 Å². The fourth-order valence-corrected chi connectivity index (χ4v) is 3.08. The van der Waals surface area contributed by atoms with Crippen LogP contribution in [0, 0.1) is 5.82 Å². The molecule has 0 fully saturated rings. The van der Waals surface area contributed by atoms with Crippen LogP contribution in [0.3, 0.4) is 0 Å². The molecule has 2 heterocycles. The van der Waals surface area contributed by atoms with Gasteiger partial charge in [0.1, 0.15) is 5.82 Å². The van der Waals surface area contributed by atoms with Crippen molar-refractivity contribution in [2.24, 2.45) is 0 Å². The standard InChI is InChI=1S/C21H20F4N6O/c1-3-31(13(2)10-28-20-29-11-14(12-30-20)21(23,24)25)19(32)15-6-4-7-16(22)17(15)18-26-8-5-9-27-18/h4-9,11-13H,3,10H2,1-2H3,(H,28,29,30)/t13-/m0/s1. The third kappa shape index (κ3) is 5.16. The largest absolute Gasteiger partial charge is 0.419 e. The van der Waals surface area contributed by atoms with Gasteiger partial charge in [-0.3, -0.25) is 4.79 Å². The molecule has 0 saturated heterocycles. The Balaban J connectivity index is 1.77. The van der Waals surface area contributed by atoms with Crippen LogP contribution in [0.1, 0.15) is 29.8 Å². The quantitative estimate of drug-likeness (QED) is 0.549. The Morgan fingerprint density at radius 1 is 1.09 bits per heavy atom. The number of alkyl halides is 3. The summed E-state index contributed by atoms with van der Waals surface area (Å²) in [6.45, 7) is 3.98. The first kappa shape index (κ1) is 23.0. The minimum absolute atomic E-state index is 0.00233. The van der Waals surface area contributed by atoms with Crippen LogP contribution < -0.4 is 5.32 Å². The van der Waals surface area contributed by atoms with Crippen LogP contribution in [-0.4, -0.2) is 49.9 Å². The maximum Gasteiger partial charge on any atom is 0.419 e. The summed E-state index contributed by atoms with van der Waals surface area (Å²) in [6, 6.07) is 5.33. The molecule has 0 bridgehead atoms. The Morgan fingerprint density at radius 3 is 2.34 bits per heavy atom. The average Bonchev–Trinajstić information content (AvgIpc) is 2.78. The Kier molecular flexibility index (Phi) is 6.96. The van der Waals surface area contributed by atoms with Crippen LogP contribution in [0.4, 0.5) is 23.5 Å². The number of amides is 1. The molecule has 3 rings (SSSR count). The molecule has 7 nitrogen and oxygen atoms in total. The summed E-state index contributed by atoms with van der Waals surface area (Å²) < 4.78 is 52.5. The Hall–Kier alpha value is -3.63. The molecule has 11 heteroatoms. The number of nitrogens with one attached hydrogen (secondary N) is 1. The van der Waals surface area contributed by atoms with Gasteiger partial charge in [0, 0.05) is 43.9 Å². The minimum Gasteiger partial charge on any atom is -0.352 e. The highest BCUT2D eigenvalue weighted by atomic mass is 19.4. The second kappa shape index (κ2) is 9.67. The lowest BCUT2D eigenvalue weighted by molar-refractivity contribution is -0.138. The van der Waals surface area contributed by atoms with Gasteiger partial charge in [0.05, 0.1) is 16.7 Å². The molecule has 0 saturated carbocycles. The number of anilines is 1. The maximum absolute atomic E-state index is 14.6. The van der Waals surface area contributed by atoms with Gasteiger partial charge in [-0.15, -0.1) is 0 Å². The zero-order valence-corrected chi connectivity index (χ0v) is 17.3. The molecule has 32 heavy (non-hydrogen) atoms. The van der Waals surface area contributed by atoms with E-state index in [9.17, 15) is 22.4 Å². The third-order valence-electron chi connectivity index (χ3n) is 4.70. The lowest BCUT2D eigenvalue weighted by atomic mass is 10.0. The van der Waals surface area contributed by atoms with E-state index in [1.807, 2.05) is 0 Å². The first-order chi connectivity index (χ1) is 15.2. The molecule has 3 aromatic rings. The molecule has 168 valence electrons. The van der Waals surface area contributed by atoms with Gasteiger partial charge in [-0.2, -0.15) is 13.2 Å². The molecule has 0 radical (unpaired) electrons. The predicted molar refractivity (Wildman–Crippen MR) is 109 cm³/mol. The van der Waals surface area contributed by atoms with E-state index in [1.165, 1.54) is 35.5 Å². The van der Waals surface area contributed by atoms with E-state index in [0.29, 0.717) is 18.9 Å². The summed E-state index contributed by atoms with van der Waals surface area (Å²) in [4.78, 5) is 30.2. The lowest BCUT2D eigenvalue weighted by Gasteiger charge is -2.29. The molecular weight excluding hydrogens is 428 g/mol. The summed E-state index contributed by atoms with van der Waals surface area (Å²) >= 11 is 0. The van der Waals surface area contributed by atoms with Crippen LogP contribution >= 0.6 is 0 Å². The van der Waals surface area contributed by atoms with Crippen LogP contribution in [0.25, 0.3) is 11.4 Å². The average molecular weight is 448 g/mol. The highest BCUT2D eigenvalue weighted by Gasteiger charge is 2.31. The lowest BCUT2D eigenvalue weighted by Crippen LogP contribution is -2.42. The molecule has 0 aliphatic heterocycles. The zero-order valence-electron chi connectivity index (χ0n) is 17.3. The van der Waals surface area contributed by atoms with Crippen molar-refractivity contribution in [2.75, 3.05) is 18.4 Å². The number of aromatic nitrogens is 4. The van der Waals surface area contributed by atoms with E-state index in [1.54, 1.807) is 19.9 Å². The molecule has 1 amide bonds. The van der Waals surface area contributed by atoms with Gasteiger partial charge in [0.2, 0.25) is 5.95 Å². The van der Waals surface area contributed by atoms with E-state index < -0.39 is 29.5 Å². The second-order valence-electron chi connectivity index (χ2n) is 6.85. The van der Waals surface area contributed by atoms with Crippen molar-refractivity contribution in [3.63, 3.8) is 0 Å². The van der Waals surface area contributed by atoms with Crippen LogP contribution in [-0.2, 0) is 6.18 Å². The molecule has 0 unspecified atom stereocenters. The Morgan fingerprint density at radius 2 is 1.75 bits per heavy atom. The van der Waals surface area contributed by atoms with E-state index in [-0.39, 0.29) is 29.4 Å². The highest BCUT2D eigenvalue weighted by Crippen LogP contribution is 2.28. The minimum atomic E-state index is -4.53. The highest BCUT2D eigenvalue weighted by molar-refractivity contribution is 6.00. The Bertz CT molecular complexity index is 1060. The number of hydrogen-bond donors (Lipinski definition) is 1. The van der Waals surface area contributed by atoms with E-state index in [2.05, 4.69) is 25.3 Å². The predicted octanol–water partition coefficient (Wildman–Crippen LogP) is 4.05. The molecule has 2 aromatic heterocycles. The topological polar surface area (TPSA) is 83.9 Å². The van der Waals surface area contributed by atoms with Crippen molar-refractivity contribution in [3.8, 4) is 11.4 Å². The zero-order chi connectivity index (χ0) is 23.3. The molecule has 1 atom stereocenters. The van der Waals surface area contributed by atoms with Gasteiger partial charge < -0.3 is 10.2 Å². The van der Waals surface area contributed by atoms with Gasteiger partial charge in [-0.25, -0.2) is 24.3 Å². The monoisotopic (exact) mass is 448 g/mol. The van der Waals surface area contributed by atoms with E-state index >= 15 is 0 Å². The fourth-order valence-electron chi connectivity index (χ4n) is 3.08. The summed E-state index contributed by atoms with van der Waals surface area (Å²) in [5, 5.41) is 2.82. The first-order valence-corrected chi connectivity index (χ1v) is 9.72. The van der Waals surface area contributed by atoms with E-state index in [4.69, 9.17) is 0 Å². The summed E-state index contributed by atoms with van der Waals surface area (Å²) in [6.07, 6.45) is -0.250. The van der Waals surface area contributed by atoms with Crippen molar-refractivity contribution in [1.29, 1.82) is 0 Å². The number of benzene rings is 1.